The molecule has 0 amide bonds. The largest absolute Gasteiger partial charge is 0.423 e. The summed E-state index contributed by atoms with van der Waals surface area (Å²) < 4.78 is 5.31. The predicted octanol–water partition coefficient (Wildman–Crippen LogP) is 5.37. The lowest BCUT2D eigenvalue weighted by Gasteiger charge is -2.05. The highest BCUT2D eigenvalue weighted by atomic mass is 35.5. The molecule has 2 aromatic carbocycles. The molecule has 0 aliphatic carbocycles. The highest BCUT2D eigenvalue weighted by molar-refractivity contribution is 7.11. The molecule has 0 spiro atoms. The molecular weight excluding hydrogens is 330 g/mol. The molecule has 0 N–H and O–H groups in total. The number of nitrogens with zero attached hydrogens (tertiary/aromatic N) is 1. The van der Waals surface area contributed by atoms with Gasteiger partial charge >= 0.3 is 5.97 Å². The highest BCUT2D eigenvalue weighted by Gasteiger charge is 2.11. The molecule has 0 unspecified atom stereocenters. The van der Waals surface area contributed by atoms with Crippen LogP contribution in [0, 0.1) is 0 Å². The molecule has 0 atom stereocenters. The third kappa shape index (κ3) is 4.06. The highest BCUT2D eigenvalue weighted by Crippen LogP contribution is 2.21. The maximum Gasteiger partial charge on any atom is 0.345 e. The van der Waals surface area contributed by atoms with Crippen molar-refractivity contribution in [2.24, 2.45) is 4.99 Å². The van der Waals surface area contributed by atoms with Crippen LogP contribution in [0.2, 0.25) is 5.02 Å². The van der Waals surface area contributed by atoms with Crippen molar-refractivity contribution in [2.75, 3.05) is 0 Å². The SMILES string of the molecule is O=C(Oc1ccc(N=Cc2cccs2)cc1)c1ccccc1Cl. The van der Waals surface area contributed by atoms with Gasteiger partial charge in [0.25, 0.3) is 0 Å². The fourth-order valence-corrected chi connectivity index (χ4v) is 2.69. The van der Waals surface area contributed by atoms with Crippen LogP contribution in [0.15, 0.2) is 71.0 Å². The van der Waals surface area contributed by atoms with E-state index >= 15 is 0 Å². The summed E-state index contributed by atoms with van der Waals surface area (Å²) in [5.41, 5.74) is 1.13. The Bertz CT molecular complexity index is 826. The van der Waals surface area contributed by atoms with E-state index in [1.807, 2.05) is 17.5 Å². The number of hydrogen-bond donors (Lipinski definition) is 0. The Morgan fingerprint density at radius 2 is 1.83 bits per heavy atom. The van der Waals surface area contributed by atoms with Gasteiger partial charge < -0.3 is 4.74 Å². The predicted molar refractivity (Wildman–Crippen MR) is 94.4 cm³/mol. The molecule has 0 saturated heterocycles. The summed E-state index contributed by atoms with van der Waals surface area (Å²) in [4.78, 5) is 17.5. The quantitative estimate of drug-likeness (QED) is 0.363. The van der Waals surface area contributed by atoms with Gasteiger partial charge in [0.15, 0.2) is 0 Å². The fourth-order valence-electron chi connectivity index (χ4n) is 1.89. The second kappa shape index (κ2) is 7.22. The number of halogens is 1. The van der Waals surface area contributed by atoms with Gasteiger partial charge in [-0.2, -0.15) is 0 Å². The minimum Gasteiger partial charge on any atom is -0.423 e. The zero-order valence-corrected chi connectivity index (χ0v) is 13.6. The first kappa shape index (κ1) is 15.5. The van der Waals surface area contributed by atoms with Crippen LogP contribution < -0.4 is 4.74 Å². The van der Waals surface area contributed by atoms with E-state index in [4.69, 9.17) is 16.3 Å². The van der Waals surface area contributed by atoms with E-state index in [1.54, 1.807) is 66.1 Å². The van der Waals surface area contributed by atoms with Crippen LogP contribution in [0.1, 0.15) is 15.2 Å². The number of thiophene rings is 1. The van der Waals surface area contributed by atoms with Gasteiger partial charge in [-0.3, -0.25) is 4.99 Å². The number of esters is 1. The lowest BCUT2D eigenvalue weighted by atomic mass is 10.2. The summed E-state index contributed by atoms with van der Waals surface area (Å²) in [7, 11) is 0. The van der Waals surface area contributed by atoms with Crippen LogP contribution in [0.25, 0.3) is 0 Å². The molecule has 0 aliphatic heterocycles. The van der Waals surface area contributed by atoms with E-state index in [-0.39, 0.29) is 0 Å². The van der Waals surface area contributed by atoms with Gasteiger partial charge in [0.05, 0.1) is 16.3 Å². The van der Waals surface area contributed by atoms with Crippen LogP contribution in [-0.4, -0.2) is 12.2 Å². The summed E-state index contributed by atoms with van der Waals surface area (Å²) in [5.74, 6) is -0.0320. The first-order valence-corrected chi connectivity index (χ1v) is 8.12. The third-order valence-corrected chi connectivity index (χ3v) is 4.16. The van der Waals surface area contributed by atoms with E-state index in [9.17, 15) is 4.79 Å². The standard InChI is InChI=1S/C18H12ClNO2S/c19-17-6-2-1-5-16(17)18(21)22-14-9-7-13(8-10-14)20-12-15-4-3-11-23-15/h1-12H. The molecule has 1 heterocycles. The van der Waals surface area contributed by atoms with Crippen molar-refractivity contribution >= 4 is 40.8 Å². The van der Waals surface area contributed by atoms with Gasteiger partial charge in [-0.15, -0.1) is 11.3 Å². The molecule has 0 aliphatic rings. The average molecular weight is 342 g/mol. The Morgan fingerprint density at radius 1 is 1.04 bits per heavy atom. The van der Waals surface area contributed by atoms with Crippen LogP contribution >= 0.6 is 22.9 Å². The van der Waals surface area contributed by atoms with Crippen LogP contribution in [0.5, 0.6) is 5.75 Å². The summed E-state index contributed by atoms with van der Waals surface area (Å²) in [6.45, 7) is 0. The summed E-state index contributed by atoms with van der Waals surface area (Å²) in [5, 5.41) is 2.37. The van der Waals surface area contributed by atoms with Gasteiger partial charge in [0.2, 0.25) is 0 Å². The Hall–Kier alpha value is -2.43. The molecule has 1 aromatic heterocycles. The van der Waals surface area contributed by atoms with E-state index < -0.39 is 5.97 Å². The van der Waals surface area contributed by atoms with Gasteiger partial charge in [-0.1, -0.05) is 29.8 Å². The fraction of sp³-hybridized carbons (Fsp3) is 0. The average Bonchev–Trinajstić information content (AvgIpc) is 3.08. The first-order valence-electron chi connectivity index (χ1n) is 6.87. The molecule has 0 bridgehead atoms. The minimum atomic E-state index is -0.481. The van der Waals surface area contributed by atoms with Crippen molar-refractivity contribution in [3.63, 3.8) is 0 Å². The van der Waals surface area contributed by atoms with Gasteiger partial charge in [0.1, 0.15) is 5.75 Å². The van der Waals surface area contributed by atoms with Crippen molar-refractivity contribution in [2.45, 2.75) is 0 Å². The molecular formula is C18H12ClNO2S. The number of carbonyl (C=O) groups excluding carboxylic acids is 1. The number of carbonyl (C=O) groups is 1. The van der Waals surface area contributed by atoms with Gasteiger partial charge in [-0.25, -0.2) is 4.79 Å². The van der Waals surface area contributed by atoms with Gasteiger partial charge in [-0.05, 0) is 47.8 Å². The first-order chi connectivity index (χ1) is 11.2. The lowest BCUT2D eigenvalue weighted by Crippen LogP contribution is -2.08. The summed E-state index contributed by atoms with van der Waals surface area (Å²) in [6.07, 6.45) is 1.80. The van der Waals surface area contributed by atoms with E-state index in [2.05, 4.69) is 4.99 Å². The molecule has 3 aromatic rings. The number of rotatable bonds is 4. The smallest absolute Gasteiger partial charge is 0.345 e. The second-order valence-corrected chi connectivity index (χ2v) is 6.02. The van der Waals surface area contributed by atoms with E-state index in [0.29, 0.717) is 16.3 Å². The minimum absolute atomic E-state index is 0.342. The second-order valence-electron chi connectivity index (χ2n) is 4.64. The zero-order valence-electron chi connectivity index (χ0n) is 12.0. The molecule has 3 rings (SSSR count). The van der Waals surface area contributed by atoms with Crippen LogP contribution in [0.3, 0.4) is 0 Å². The maximum atomic E-state index is 12.1. The van der Waals surface area contributed by atoms with Crippen LogP contribution in [0.4, 0.5) is 5.69 Å². The topological polar surface area (TPSA) is 38.7 Å². The molecule has 114 valence electrons. The zero-order chi connectivity index (χ0) is 16.1. The Labute approximate surface area is 142 Å². The van der Waals surface area contributed by atoms with Crippen molar-refractivity contribution in [3.8, 4) is 5.75 Å². The van der Waals surface area contributed by atoms with Gasteiger partial charge in [0, 0.05) is 11.1 Å². The number of ether oxygens (including phenoxy) is 1. The lowest BCUT2D eigenvalue weighted by molar-refractivity contribution is 0.0735. The Balaban J connectivity index is 1.68. The molecule has 3 nitrogen and oxygen atoms in total. The monoisotopic (exact) mass is 341 g/mol. The number of hydrogen-bond acceptors (Lipinski definition) is 4. The Kier molecular flexibility index (Phi) is 4.86. The van der Waals surface area contributed by atoms with Crippen molar-refractivity contribution in [1.82, 2.24) is 0 Å². The van der Waals surface area contributed by atoms with Crippen molar-refractivity contribution in [3.05, 3.63) is 81.5 Å². The third-order valence-electron chi connectivity index (χ3n) is 3.03. The molecule has 23 heavy (non-hydrogen) atoms. The maximum absolute atomic E-state index is 12.1. The summed E-state index contributed by atoms with van der Waals surface area (Å²) in [6, 6.07) is 17.7. The normalized spacial score (nSPS) is 10.8. The van der Waals surface area contributed by atoms with E-state index in [1.165, 1.54) is 0 Å². The Morgan fingerprint density at radius 3 is 2.52 bits per heavy atom. The molecule has 0 saturated carbocycles. The summed E-state index contributed by atoms with van der Waals surface area (Å²) >= 11 is 7.60. The van der Waals surface area contributed by atoms with Crippen LogP contribution in [-0.2, 0) is 0 Å². The molecule has 0 fully saturated rings. The van der Waals surface area contributed by atoms with E-state index in [0.717, 1.165) is 10.6 Å². The molecule has 0 radical (unpaired) electrons. The number of benzene rings is 2. The number of aliphatic imine (C=N–C) groups is 1. The molecule has 5 heteroatoms. The van der Waals surface area contributed by atoms with Crippen molar-refractivity contribution in [1.29, 1.82) is 0 Å². The van der Waals surface area contributed by atoms with Crippen molar-refractivity contribution < 1.29 is 9.53 Å².